The largest absolute Gasteiger partial charge is 0.433 e. The van der Waals surface area contributed by atoms with Gasteiger partial charge in [0.2, 0.25) is 0 Å². The number of ketones is 1. The van der Waals surface area contributed by atoms with E-state index in [1.54, 1.807) is 19.1 Å². The molecule has 1 aromatic carbocycles. The molecule has 0 bridgehead atoms. The average Bonchev–Trinajstić information content (AvgIpc) is 2.77. The van der Waals surface area contributed by atoms with Crippen molar-refractivity contribution in [3.63, 3.8) is 0 Å². The number of carbonyl (C=O) groups is 1. The summed E-state index contributed by atoms with van der Waals surface area (Å²) in [5.41, 5.74) is 6.28. The number of rotatable bonds is 7. The Bertz CT molecular complexity index is 953. The third-order valence-electron chi connectivity index (χ3n) is 6.24. The van der Waals surface area contributed by atoms with E-state index in [9.17, 15) is 22.4 Å². The Labute approximate surface area is 185 Å². The molecule has 1 fully saturated rings. The van der Waals surface area contributed by atoms with Crippen molar-refractivity contribution >= 4 is 11.6 Å². The molecule has 0 aliphatic carbocycles. The van der Waals surface area contributed by atoms with E-state index >= 15 is 0 Å². The lowest BCUT2D eigenvalue weighted by Gasteiger charge is -2.33. The van der Waals surface area contributed by atoms with Gasteiger partial charge in [-0.1, -0.05) is 32.0 Å². The normalized spacial score (nSPS) is 16.3. The van der Waals surface area contributed by atoms with Crippen LogP contribution in [0.5, 0.6) is 0 Å². The summed E-state index contributed by atoms with van der Waals surface area (Å²) in [7, 11) is 0. The van der Waals surface area contributed by atoms with Gasteiger partial charge in [0.05, 0.1) is 0 Å². The van der Waals surface area contributed by atoms with Gasteiger partial charge in [-0.15, -0.1) is 0 Å². The number of aromatic nitrogens is 1. The maximum absolute atomic E-state index is 13.7. The highest BCUT2D eigenvalue weighted by Gasteiger charge is 2.34. The lowest BCUT2D eigenvalue weighted by molar-refractivity contribution is -0.141. The predicted octanol–water partition coefficient (Wildman–Crippen LogP) is 5.24. The summed E-state index contributed by atoms with van der Waals surface area (Å²) < 4.78 is 53.5. The van der Waals surface area contributed by atoms with Gasteiger partial charge in [0, 0.05) is 37.5 Å². The molecular formula is C24H29F4N3O. The number of carbonyl (C=O) groups excluding carboxylic acids is 1. The maximum Gasteiger partial charge on any atom is 0.433 e. The topological polar surface area (TPSA) is 59.2 Å². The number of aryl methyl sites for hydroxylation is 1. The number of anilines is 1. The van der Waals surface area contributed by atoms with Gasteiger partial charge in [0.25, 0.3) is 0 Å². The highest BCUT2D eigenvalue weighted by atomic mass is 19.4. The first-order valence-corrected chi connectivity index (χ1v) is 10.9. The molecule has 1 saturated heterocycles. The Morgan fingerprint density at radius 2 is 1.88 bits per heavy atom. The summed E-state index contributed by atoms with van der Waals surface area (Å²) in [6, 6.07) is 6.88. The first-order valence-electron chi connectivity index (χ1n) is 10.9. The van der Waals surface area contributed by atoms with Gasteiger partial charge in [-0.2, -0.15) is 13.2 Å². The Morgan fingerprint density at radius 1 is 1.19 bits per heavy atom. The SMILES string of the molecule is CC1CCN(c2nc(C(F)(F)F)ccc2CCC(=O)C(C)c2ccc(F)c(CN)c2)CC1. The monoisotopic (exact) mass is 451 g/mol. The van der Waals surface area contributed by atoms with Crippen LogP contribution >= 0.6 is 0 Å². The van der Waals surface area contributed by atoms with Crippen molar-refractivity contribution in [2.45, 2.75) is 58.2 Å². The van der Waals surface area contributed by atoms with Gasteiger partial charge >= 0.3 is 6.18 Å². The van der Waals surface area contributed by atoms with Gasteiger partial charge in [-0.05, 0) is 48.4 Å². The minimum atomic E-state index is -4.52. The summed E-state index contributed by atoms with van der Waals surface area (Å²) in [5, 5.41) is 0. The molecule has 8 heteroatoms. The van der Waals surface area contributed by atoms with Crippen LogP contribution in [0.1, 0.15) is 61.4 Å². The van der Waals surface area contributed by atoms with Crippen molar-refractivity contribution in [2.75, 3.05) is 18.0 Å². The van der Waals surface area contributed by atoms with E-state index in [4.69, 9.17) is 5.73 Å². The van der Waals surface area contributed by atoms with E-state index in [0.29, 0.717) is 47.9 Å². The van der Waals surface area contributed by atoms with Crippen LogP contribution in [0.2, 0.25) is 0 Å². The molecule has 0 amide bonds. The Morgan fingerprint density at radius 3 is 2.50 bits per heavy atom. The minimum absolute atomic E-state index is 0.0373. The molecule has 0 spiro atoms. The third kappa shape index (κ3) is 5.65. The molecule has 1 aliphatic rings. The van der Waals surface area contributed by atoms with Crippen LogP contribution in [0.15, 0.2) is 30.3 Å². The highest BCUT2D eigenvalue weighted by Crippen LogP contribution is 2.33. The third-order valence-corrected chi connectivity index (χ3v) is 6.24. The van der Waals surface area contributed by atoms with Gasteiger partial charge in [-0.3, -0.25) is 4.79 Å². The number of alkyl halides is 3. The fourth-order valence-corrected chi connectivity index (χ4v) is 4.01. The molecular weight excluding hydrogens is 422 g/mol. The number of hydrogen-bond acceptors (Lipinski definition) is 4. The minimum Gasteiger partial charge on any atom is -0.356 e. The van der Waals surface area contributed by atoms with Crippen molar-refractivity contribution in [3.8, 4) is 0 Å². The summed E-state index contributed by atoms with van der Waals surface area (Å²) in [6.07, 6.45) is -2.30. The molecule has 2 aromatic rings. The second kappa shape index (κ2) is 9.98. The molecule has 3 rings (SSSR count). The van der Waals surface area contributed by atoms with Crippen LogP contribution in [-0.4, -0.2) is 23.9 Å². The number of nitrogens with zero attached hydrogens (tertiary/aromatic N) is 2. The van der Waals surface area contributed by atoms with Crippen LogP contribution in [-0.2, 0) is 23.9 Å². The second-order valence-corrected chi connectivity index (χ2v) is 8.59. The van der Waals surface area contributed by atoms with Crippen LogP contribution < -0.4 is 10.6 Å². The zero-order chi connectivity index (χ0) is 23.5. The fourth-order valence-electron chi connectivity index (χ4n) is 4.01. The summed E-state index contributed by atoms with van der Waals surface area (Å²) in [4.78, 5) is 18.7. The number of halogens is 4. The molecule has 32 heavy (non-hydrogen) atoms. The molecule has 1 unspecified atom stereocenters. The number of Topliss-reactive ketones (excluding diaryl/α,β-unsaturated/α-hetero) is 1. The first-order chi connectivity index (χ1) is 15.1. The van der Waals surface area contributed by atoms with E-state index in [-0.39, 0.29) is 18.7 Å². The fraction of sp³-hybridized carbons (Fsp3) is 0.500. The van der Waals surface area contributed by atoms with E-state index in [2.05, 4.69) is 11.9 Å². The van der Waals surface area contributed by atoms with Crippen molar-refractivity contribution in [1.82, 2.24) is 4.98 Å². The van der Waals surface area contributed by atoms with Gasteiger partial charge < -0.3 is 10.6 Å². The summed E-state index contributed by atoms with van der Waals surface area (Å²) in [5.74, 6) is -0.107. The van der Waals surface area contributed by atoms with Crippen molar-refractivity contribution in [1.29, 1.82) is 0 Å². The molecule has 1 aromatic heterocycles. The standard InChI is InChI=1S/C24H29F4N3O/c1-15-9-11-31(12-10-15)23-17(5-8-22(30-23)24(26,27)28)4-7-21(32)16(2)18-3-6-20(25)19(13-18)14-29/h3,5-6,8,13,15-16H,4,7,9-12,14,29H2,1-2H3. The van der Waals surface area contributed by atoms with Crippen molar-refractivity contribution in [3.05, 3.63) is 58.5 Å². The molecule has 0 radical (unpaired) electrons. The lowest BCUT2D eigenvalue weighted by atomic mass is 9.91. The smallest absolute Gasteiger partial charge is 0.356 e. The summed E-state index contributed by atoms with van der Waals surface area (Å²) >= 11 is 0. The predicted molar refractivity (Wildman–Crippen MR) is 116 cm³/mol. The van der Waals surface area contributed by atoms with Crippen LogP contribution in [0.3, 0.4) is 0 Å². The van der Waals surface area contributed by atoms with Crippen LogP contribution in [0.4, 0.5) is 23.4 Å². The van der Waals surface area contributed by atoms with E-state index in [1.165, 1.54) is 12.1 Å². The maximum atomic E-state index is 13.7. The van der Waals surface area contributed by atoms with E-state index in [1.807, 2.05) is 4.90 Å². The van der Waals surface area contributed by atoms with Gasteiger partial charge in [0.1, 0.15) is 23.1 Å². The molecule has 2 N–H and O–H groups in total. The molecule has 174 valence electrons. The number of nitrogens with two attached hydrogens (primary N) is 1. The number of piperidine rings is 1. The quantitative estimate of drug-likeness (QED) is 0.585. The van der Waals surface area contributed by atoms with Crippen LogP contribution in [0, 0.1) is 11.7 Å². The van der Waals surface area contributed by atoms with Gasteiger partial charge in [0.15, 0.2) is 0 Å². The number of hydrogen-bond donors (Lipinski definition) is 1. The average molecular weight is 452 g/mol. The molecule has 1 aliphatic heterocycles. The molecule has 4 nitrogen and oxygen atoms in total. The molecule has 2 heterocycles. The van der Waals surface area contributed by atoms with Crippen LogP contribution in [0.25, 0.3) is 0 Å². The Balaban J connectivity index is 1.78. The lowest BCUT2D eigenvalue weighted by Crippen LogP contribution is -2.34. The van der Waals surface area contributed by atoms with Gasteiger partial charge in [-0.25, -0.2) is 9.37 Å². The summed E-state index contributed by atoms with van der Waals surface area (Å²) in [6.45, 7) is 5.20. The van der Waals surface area contributed by atoms with Crippen molar-refractivity contribution < 1.29 is 22.4 Å². The highest BCUT2D eigenvalue weighted by molar-refractivity contribution is 5.85. The number of pyridine rings is 1. The van der Waals surface area contributed by atoms with Crippen molar-refractivity contribution in [2.24, 2.45) is 11.7 Å². The molecule has 1 atom stereocenters. The zero-order valence-electron chi connectivity index (χ0n) is 18.4. The van der Waals surface area contributed by atoms with E-state index < -0.39 is 23.6 Å². The number of benzene rings is 1. The Kier molecular flexibility index (Phi) is 7.54. The van der Waals surface area contributed by atoms with E-state index in [0.717, 1.165) is 18.9 Å². The zero-order valence-corrected chi connectivity index (χ0v) is 18.4. The second-order valence-electron chi connectivity index (χ2n) is 8.59. The molecule has 0 saturated carbocycles. The Hall–Kier alpha value is -2.48. The first kappa shape index (κ1) is 24.2.